The second kappa shape index (κ2) is 6.72. The molecule has 0 saturated carbocycles. The van der Waals surface area contributed by atoms with E-state index in [0.29, 0.717) is 5.56 Å². The van der Waals surface area contributed by atoms with Gasteiger partial charge in [0, 0.05) is 34.9 Å². The minimum atomic E-state index is -1.05. The number of hydrogen-bond donors (Lipinski definition) is 2. The van der Waals surface area contributed by atoms with E-state index in [-0.39, 0.29) is 27.3 Å². The zero-order valence-corrected chi connectivity index (χ0v) is 13.0. The van der Waals surface area contributed by atoms with Crippen LogP contribution >= 0.6 is 23.2 Å². The van der Waals surface area contributed by atoms with E-state index < -0.39 is 11.9 Å². The second-order valence-electron chi connectivity index (χ2n) is 4.42. The van der Waals surface area contributed by atoms with Crippen molar-refractivity contribution in [3.8, 4) is 0 Å². The number of nitrogens with one attached hydrogen (secondary N) is 1. The highest BCUT2D eigenvalue weighted by Crippen LogP contribution is 2.32. The lowest BCUT2D eigenvalue weighted by molar-refractivity contribution is -0.118. The van der Waals surface area contributed by atoms with Crippen LogP contribution < -0.4 is 11.1 Å². The average Bonchev–Trinajstić information content (AvgIpc) is 2.46. The maximum Gasteiger partial charge on any atom is 0.244 e. The molecule has 0 aliphatic rings. The molecule has 1 amide bonds. The van der Waals surface area contributed by atoms with Crippen LogP contribution in [0.15, 0.2) is 30.6 Å². The van der Waals surface area contributed by atoms with Gasteiger partial charge in [0.2, 0.25) is 5.91 Å². The molecule has 1 atom stereocenters. The average molecular weight is 339 g/mol. The molecule has 0 aliphatic carbocycles. The van der Waals surface area contributed by atoms with Gasteiger partial charge in [-0.3, -0.25) is 9.59 Å². The van der Waals surface area contributed by atoms with E-state index in [0.717, 1.165) is 0 Å². The Bertz CT molecular complexity index is 716. The van der Waals surface area contributed by atoms with Crippen LogP contribution in [0.2, 0.25) is 10.0 Å². The van der Waals surface area contributed by atoms with Gasteiger partial charge in [-0.2, -0.15) is 0 Å². The van der Waals surface area contributed by atoms with Crippen molar-refractivity contribution in [1.82, 2.24) is 9.97 Å². The maximum atomic E-state index is 11.8. The number of anilines is 1. The third-order valence-corrected chi connectivity index (χ3v) is 3.54. The van der Waals surface area contributed by atoms with Crippen LogP contribution in [0.1, 0.15) is 29.0 Å². The molecule has 0 fully saturated rings. The molecular formula is C14H12Cl2N4O2. The Kier molecular flexibility index (Phi) is 4.95. The zero-order chi connectivity index (χ0) is 16.3. The Labute approximate surface area is 136 Å². The predicted octanol–water partition coefficient (Wildman–Crippen LogP) is 2.62. The Morgan fingerprint density at radius 1 is 1.18 bits per heavy atom. The topological polar surface area (TPSA) is 98.0 Å². The number of benzene rings is 1. The van der Waals surface area contributed by atoms with E-state index >= 15 is 0 Å². The van der Waals surface area contributed by atoms with E-state index in [1.54, 1.807) is 18.2 Å². The Morgan fingerprint density at radius 3 is 2.32 bits per heavy atom. The fourth-order valence-corrected chi connectivity index (χ4v) is 2.53. The predicted molar refractivity (Wildman–Crippen MR) is 84.1 cm³/mol. The van der Waals surface area contributed by atoms with Crippen molar-refractivity contribution in [1.29, 1.82) is 0 Å². The van der Waals surface area contributed by atoms with Crippen molar-refractivity contribution in [2.75, 3.05) is 5.32 Å². The fourth-order valence-electron chi connectivity index (χ4n) is 1.91. The number of rotatable bonds is 5. The summed E-state index contributed by atoms with van der Waals surface area (Å²) in [7, 11) is 0. The highest BCUT2D eigenvalue weighted by molar-refractivity contribution is 6.36. The molecule has 0 bridgehead atoms. The first-order valence-corrected chi connectivity index (χ1v) is 6.99. The van der Waals surface area contributed by atoms with Gasteiger partial charge in [-0.05, 0) is 12.1 Å². The number of aromatic nitrogens is 2. The number of ketones is 1. The number of hydrogen-bond acceptors (Lipinski definition) is 5. The number of halogens is 2. The molecule has 0 saturated heterocycles. The van der Waals surface area contributed by atoms with Gasteiger partial charge >= 0.3 is 0 Å². The lowest BCUT2D eigenvalue weighted by atomic mass is 10.1. The van der Waals surface area contributed by atoms with E-state index in [1.807, 2.05) is 0 Å². The van der Waals surface area contributed by atoms with E-state index in [9.17, 15) is 9.59 Å². The molecule has 0 spiro atoms. The molecule has 22 heavy (non-hydrogen) atoms. The minimum absolute atomic E-state index is 0.0944. The summed E-state index contributed by atoms with van der Waals surface area (Å²) in [6.07, 6.45) is 2.77. The van der Waals surface area contributed by atoms with Crippen molar-refractivity contribution in [2.45, 2.75) is 13.0 Å². The quantitative estimate of drug-likeness (QED) is 0.816. The molecule has 114 valence electrons. The smallest absolute Gasteiger partial charge is 0.244 e. The number of nitrogens with zero attached hydrogens (tertiary/aromatic N) is 2. The number of Topliss-reactive ketones (excluding diaryl/α,β-unsaturated/α-hetero) is 1. The highest BCUT2D eigenvalue weighted by Gasteiger charge is 2.25. The Hall–Kier alpha value is -2.18. The molecule has 1 aromatic heterocycles. The van der Waals surface area contributed by atoms with Crippen molar-refractivity contribution in [3.63, 3.8) is 0 Å². The van der Waals surface area contributed by atoms with Gasteiger partial charge in [0.05, 0.1) is 0 Å². The Morgan fingerprint density at radius 2 is 1.77 bits per heavy atom. The molecule has 1 aromatic carbocycles. The molecular weight excluding hydrogens is 327 g/mol. The molecule has 0 radical (unpaired) electrons. The van der Waals surface area contributed by atoms with Crippen molar-refractivity contribution in [3.05, 3.63) is 51.9 Å². The lowest BCUT2D eigenvalue weighted by Crippen LogP contribution is -2.29. The molecule has 1 unspecified atom stereocenters. The van der Waals surface area contributed by atoms with E-state index in [4.69, 9.17) is 28.9 Å². The van der Waals surface area contributed by atoms with Crippen LogP contribution in [-0.2, 0) is 4.79 Å². The third-order valence-electron chi connectivity index (χ3n) is 2.89. The standard InChI is InChI=1S/C14H12Cl2N4O2/c1-7(21)11-14(19-6-5-18-11)20-12(13(17)22)10-8(15)3-2-4-9(10)16/h2-6,12H,1H3,(H2,17,22)(H,19,20). The van der Waals surface area contributed by atoms with Crippen LogP contribution in [0.4, 0.5) is 5.82 Å². The number of primary amides is 1. The zero-order valence-electron chi connectivity index (χ0n) is 11.5. The fraction of sp³-hybridized carbons (Fsp3) is 0.143. The van der Waals surface area contributed by atoms with Gasteiger partial charge in [-0.25, -0.2) is 9.97 Å². The van der Waals surface area contributed by atoms with Gasteiger partial charge in [0.15, 0.2) is 11.6 Å². The minimum Gasteiger partial charge on any atom is -0.368 e. The number of carbonyl (C=O) groups is 2. The first-order valence-electron chi connectivity index (χ1n) is 6.23. The largest absolute Gasteiger partial charge is 0.368 e. The first-order chi connectivity index (χ1) is 10.4. The summed E-state index contributed by atoms with van der Waals surface area (Å²) in [6.45, 7) is 1.34. The molecule has 1 heterocycles. The van der Waals surface area contributed by atoms with Gasteiger partial charge in [-0.15, -0.1) is 0 Å². The molecule has 8 heteroatoms. The van der Waals surface area contributed by atoms with Crippen LogP contribution in [0.25, 0.3) is 0 Å². The number of nitrogens with two attached hydrogens (primary N) is 1. The van der Waals surface area contributed by atoms with Crippen LogP contribution in [0.3, 0.4) is 0 Å². The summed E-state index contributed by atoms with van der Waals surface area (Å²) in [5.41, 5.74) is 5.84. The summed E-state index contributed by atoms with van der Waals surface area (Å²) in [4.78, 5) is 31.3. The molecule has 2 aromatic rings. The molecule has 2 rings (SSSR count). The van der Waals surface area contributed by atoms with Gasteiger partial charge in [0.1, 0.15) is 11.7 Å². The molecule has 3 N–H and O–H groups in total. The van der Waals surface area contributed by atoms with Gasteiger partial charge in [-0.1, -0.05) is 29.3 Å². The SMILES string of the molecule is CC(=O)c1nccnc1NC(C(N)=O)c1c(Cl)cccc1Cl. The van der Waals surface area contributed by atoms with Gasteiger partial charge in [0.25, 0.3) is 0 Å². The second-order valence-corrected chi connectivity index (χ2v) is 5.24. The summed E-state index contributed by atoms with van der Waals surface area (Å²) >= 11 is 12.2. The van der Waals surface area contributed by atoms with Crippen LogP contribution in [-0.4, -0.2) is 21.7 Å². The maximum absolute atomic E-state index is 11.8. The molecule has 6 nitrogen and oxygen atoms in total. The summed E-state index contributed by atoms with van der Waals surface area (Å²) in [5.74, 6) is -0.881. The normalized spacial score (nSPS) is 11.8. The Balaban J connectivity index is 2.48. The monoisotopic (exact) mass is 338 g/mol. The summed E-state index contributed by atoms with van der Waals surface area (Å²) < 4.78 is 0. The van der Waals surface area contributed by atoms with Crippen LogP contribution in [0, 0.1) is 0 Å². The molecule has 0 aliphatic heterocycles. The van der Waals surface area contributed by atoms with Crippen LogP contribution in [0.5, 0.6) is 0 Å². The van der Waals surface area contributed by atoms with E-state index in [1.165, 1.54) is 19.3 Å². The van der Waals surface area contributed by atoms with Gasteiger partial charge < -0.3 is 11.1 Å². The highest BCUT2D eigenvalue weighted by atomic mass is 35.5. The lowest BCUT2D eigenvalue weighted by Gasteiger charge is -2.19. The van der Waals surface area contributed by atoms with E-state index in [2.05, 4.69) is 15.3 Å². The van der Waals surface area contributed by atoms with Crippen molar-refractivity contribution in [2.24, 2.45) is 5.73 Å². The number of amides is 1. The van der Waals surface area contributed by atoms with Crippen molar-refractivity contribution < 1.29 is 9.59 Å². The first kappa shape index (κ1) is 16.2. The summed E-state index contributed by atoms with van der Waals surface area (Å²) in [5, 5.41) is 3.34. The van der Waals surface area contributed by atoms with Crippen molar-refractivity contribution >= 4 is 40.7 Å². The third kappa shape index (κ3) is 3.35. The summed E-state index contributed by atoms with van der Waals surface area (Å²) in [6, 6.07) is 3.78. The number of carbonyl (C=O) groups excluding carboxylic acids is 2.